The van der Waals surface area contributed by atoms with E-state index in [2.05, 4.69) is 34.3 Å². The van der Waals surface area contributed by atoms with Crippen LogP contribution in [0.5, 0.6) is 0 Å². The lowest BCUT2D eigenvalue weighted by Crippen LogP contribution is -2.65. The summed E-state index contributed by atoms with van der Waals surface area (Å²) in [4.78, 5) is 7.02. The van der Waals surface area contributed by atoms with Gasteiger partial charge in [-0.3, -0.25) is 9.88 Å². The summed E-state index contributed by atoms with van der Waals surface area (Å²) < 4.78 is 6.06. The second-order valence-electron chi connectivity index (χ2n) is 8.21. The standard InChI is InChI=1S/C21H33N3O/c1-2-25-20-15-19(21(20)10-4-5-11-21)23-17-8-13-24(14-9-17)16-18-7-3-6-12-22-18/h3,6-7,12,17,19-20,23H,2,4-5,8-11,13-16H2,1H3/t19-,20+/m0/s1. The molecule has 25 heavy (non-hydrogen) atoms. The lowest BCUT2D eigenvalue weighted by atomic mass is 9.60. The van der Waals surface area contributed by atoms with E-state index in [-0.39, 0.29) is 0 Å². The molecular formula is C21H33N3O. The fraction of sp³-hybridized carbons (Fsp3) is 0.762. The Hall–Kier alpha value is -0.970. The van der Waals surface area contributed by atoms with Crippen molar-refractivity contribution in [3.8, 4) is 0 Å². The molecule has 1 aliphatic heterocycles. The molecule has 0 amide bonds. The lowest BCUT2D eigenvalue weighted by molar-refractivity contribution is -0.133. The molecule has 4 heteroatoms. The highest BCUT2D eigenvalue weighted by Crippen LogP contribution is 2.55. The topological polar surface area (TPSA) is 37.4 Å². The summed E-state index contributed by atoms with van der Waals surface area (Å²) in [6.45, 7) is 6.37. The van der Waals surface area contributed by atoms with E-state index in [1.165, 1.54) is 63.7 Å². The number of nitrogens with one attached hydrogen (secondary N) is 1. The SMILES string of the molecule is CCO[C@@H]1C[C@H](NC2CCN(Cc3ccccn3)CC2)C12CCCC2. The minimum absolute atomic E-state index is 0.459. The Bertz CT molecular complexity index is 535. The Kier molecular flexibility index (Phi) is 5.39. The first-order chi connectivity index (χ1) is 12.3. The fourth-order valence-corrected chi connectivity index (χ4v) is 5.38. The monoisotopic (exact) mass is 343 g/mol. The average Bonchev–Trinajstić information content (AvgIpc) is 3.16. The van der Waals surface area contributed by atoms with Crippen molar-refractivity contribution >= 4 is 0 Å². The number of pyridine rings is 1. The number of nitrogens with zero attached hydrogens (tertiary/aromatic N) is 2. The Morgan fingerprint density at radius 3 is 2.72 bits per heavy atom. The molecule has 0 aromatic carbocycles. The molecule has 2 heterocycles. The zero-order chi connectivity index (χ0) is 17.1. The first kappa shape index (κ1) is 17.4. The summed E-state index contributed by atoms with van der Waals surface area (Å²) in [7, 11) is 0. The van der Waals surface area contributed by atoms with E-state index in [0.29, 0.717) is 23.6 Å². The maximum absolute atomic E-state index is 6.06. The van der Waals surface area contributed by atoms with Gasteiger partial charge in [-0.1, -0.05) is 18.9 Å². The Labute approximate surface area is 152 Å². The van der Waals surface area contributed by atoms with Gasteiger partial charge in [0.25, 0.3) is 0 Å². The van der Waals surface area contributed by atoms with Gasteiger partial charge in [0.05, 0.1) is 11.8 Å². The van der Waals surface area contributed by atoms with Crippen LogP contribution in [0.4, 0.5) is 0 Å². The van der Waals surface area contributed by atoms with Crippen molar-refractivity contribution in [3.63, 3.8) is 0 Å². The van der Waals surface area contributed by atoms with E-state index < -0.39 is 0 Å². The van der Waals surface area contributed by atoms with Gasteiger partial charge in [0.2, 0.25) is 0 Å². The number of rotatable bonds is 6. The van der Waals surface area contributed by atoms with Gasteiger partial charge in [-0.05, 0) is 51.2 Å². The Morgan fingerprint density at radius 1 is 1.24 bits per heavy atom. The van der Waals surface area contributed by atoms with Gasteiger partial charge < -0.3 is 10.1 Å². The average molecular weight is 344 g/mol. The molecule has 1 aromatic rings. The molecule has 2 atom stereocenters. The largest absolute Gasteiger partial charge is 0.378 e. The van der Waals surface area contributed by atoms with Crippen molar-refractivity contribution in [1.82, 2.24) is 15.2 Å². The van der Waals surface area contributed by atoms with Crippen LogP contribution < -0.4 is 5.32 Å². The third-order valence-electron chi connectivity index (χ3n) is 6.82. The summed E-state index contributed by atoms with van der Waals surface area (Å²) in [6, 6.07) is 7.59. The van der Waals surface area contributed by atoms with E-state index in [0.717, 1.165) is 13.2 Å². The van der Waals surface area contributed by atoms with Crippen LogP contribution in [0.2, 0.25) is 0 Å². The first-order valence-electron chi connectivity index (χ1n) is 10.3. The molecule has 0 unspecified atom stereocenters. The van der Waals surface area contributed by atoms with Gasteiger partial charge in [0.1, 0.15) is 0 Å². The normalized spacial score (nSPS) is 29.8. The zero-order valence-corrected chi connectivity index (χ0v) is 15.6. The summed E-state index contributed by atoms with van der Waals surface area (Å²) in [5.74, 6) is 0. The van der Waals surface area contributed by atoms with Gasteiger partial charge in [0, 0.05) is 49.9 Å². The first-order valence-corrected chi connectivity index (χ1v) is 10.3. The predicted octanol–water partition coefficient (Wildman–Crippen LogP) is 3.37. The van der Waals surface area contributed by atoms with E-state index >= 15 is 0 Å². The highest BCUT2D eigenvalue weighted by Gasteiger charge is 2.56. The smallest absolute Gasteiger partial charge is 0.0661 e. The van der Waals surface area contributed by atoms with Crippen molar-refractivity contribution in [2.75, 3.05) is 19.7 Å². The van der Waals surface area contributed by atoms with Crippen LogP contribution in [-0.4, -0.2) is 47.8 Å². The molecule has 1 aromatic heterocycles. The molecule has 2 saturated carbocycles. The van der Waals surface area contributed by atoms with Crippen molar-refractivity contribution in [2.45, 2.75) is 76.6 Å². The fourth-order valence-electron chi connectivity index (χ4n) is 5.38. The zero-order valence-electron chi connectivity index (χ0n) is 15.6. The van der Waals surface area contributed by atoms with Crippen LogP contribution in [0.1, 0.15) is 57.6 Å². The summed E-state index contributed by atoms with van der Waals surface area (Å²) in [5, 5.41) is 4.04. The predicted molar refractivity (Wildman–Crippen MR) is 100 cm³/mol. The van der Waals surface area contributed by atoms with Gasteiger partial charge in [-0.2, -0.15) is 0 Å². The molecule has 0 bridgehead atoms. The van der Waals surface area contributed by atoms with Crippen molar-refractivity contribution in [3.05, 3.63) is 30.1 Å². The molecule has 1 saturated heterocycles. The van der Waals surface area contributed by atoms with Crippen molar-refractivity contribution in [1.29, 1.82) is 0 Å². The van der Waals surface area contributed by atoms with Gasteiger partial charge in [-0.25, -0.2) is 0 Å². The van der Waals surface area contributed by atoms with Crippen LogP contribution in [-0.2, 0) is 11.3 Å². The summed E-state index contributed by atoms with van der Waals surface area (Å²) in [5.41, 5.74) is 1.65. The van der Waals surface area contributed by atoms with Crippen LogP contribution in [0, 0.1) is 5.41 Å². The molecule has 4 nitrogen and oxygen atoms in total. The third kappa shape index (κ3) is 3.62. The molecule has 138 valence electrons. The molecular weight excluding hydrogens is 310 g/mol. The highest BCUT2D eigenvalue weighted by atomic mass is 16.5. The lowest BCUT2D eigenvalue weighted by Gasteiger charge is -2.55. The molecule has 1 spiro atoms. The van der Waals surface area contributed by atoms with E-state index in [4.69, 9.17) is 4.74 Å². The number of ether oxygens (including phenoxy) is 1. The van der Waals surface area contributed by atoms with Crippen LogP contribution in [0.3, 0.4) is 0 Å². The molecule has 0 radical (unpaired) electrons. The summed E-state index contributed by atoms with van der Waals surface area (Å²) in [6.07, 6.45) is 11.7. The molecule has 4 rings (SSSR count). The van der Waals surface area contributed by atoms with Gasteiger partial charge in [0.15, 0.2) is 0 Å². The third-order valence-corrected chi connectivity index (χ3v) is 6.82. The van der Waals surface area contributed by atoms with Gasteiger partial charge >= 0.3 is 0 Å². The number of aromatic nitrogens is 1. The Balaban J connectivity index is 1.26. The minimum atomic E-state index is 0.459. The number of piperidine rings is 1. The molecule has 2 aliphatic carbocycles. The van der Waals surface area contributed by atoms with Crippen LogP contribution >= 0.6 is 0 Å². The Morgan fingerprint density at radius 2 is 2.04 bits per heavy atom. The highest BCUT2D eigenvalue weighted by molar-refractivity contribution is 5.11. The maximum Gasteiger partial charge on any atom is 0.0661 e. The van der Waals surface area contributed by atoms with Crippen LogP contribution in [0.25, 0.3) is 0 Å². The quantitative estimate of drug-likeness (QED) is 0.859. The maximum atomic E-state index is 6.06. The number of likely N-dealkylation sites (tertiary alicyclic amines) is 1. The van der Waals surface area contributed by atoms with Crippen molar-refractivity contribution < 1.29 is 4.74 Å². The van der Waals surface area contributed by atoms with E-state index in [1.54, 1.807) is 0 Å². The molecule has 1 N–H and O–H groups in total. The second kappa shape index (κ2) is 7.73. The second-order valence-corrected chi connectivity index (χ2v) is 8.21. The summed E-state index contributed by atoms with van der Waals surface area (Å²) >= 11 is 0. The van der Waals surface area contributed by atoms with Crippen LogP contribution in [0.15, 0.2) is 24.4 Å². The number of hydrogen-bond acceptors (Lipinski definition) is 4. The number of hydrogen-bond donors (Lipinski definition) is 1. The van der Waals surface area contributed by atoms with Gasteiger partial charge in [-0.15, -0.1) is 0 Å². The van der Waals surface area contributed by atoms with E-state index in [1.807, 2.05) is 12.3 Å². The molecule has 3 aliphatic rings. The van der Waals surface area contributed by atoms with Crippen molar-refractivity contribution in [2.24, 2.45) is 5.41 Å². The molecule has 3 fully saturated rings. The van der Waals surface area contributed by atoms with E-state index in [9.17, 15) is 0 Å². The minimum Gasteiger partial charge on any atom is -0.378 e.